The number of aryl methyl sites for hydroxylation is 1. The Labute approximate surface area is 194 Å². The number of carbonyl (C=O) groups excluding carboxylic acids is 2. The van der Waals surface area contributed by atoms with Gasteiger partial charge in [0.05, 0.1) is 10.9 Å². The number of carbonyl (C=O) groups is 2. The predicted octanol–water partition coefficient (Wildman–Crippen LogP) is 3.99. The van der Waals surface area contributed by atoms with Gasteiger partial charge in [-0.25, -0.2) is 4.39 Å². The molecule has 10 heteroatoms. The van der Waals surface area contributed by atoms with Crippen molar-refractivity contribution in [2.24, 2.45) is 5.92 Å². The van der Waals surface area contributed by atoms with E-state index in [4.69, 9.17) is 0 Å². The number of para-hydroxylation sites is 1. The highest BCUT2D eigenvalue weighted by Crippen LogP contribution is 2.25. The maximum absolute atomic E-state index is 13.3. The fourth-order valence-electron chi connectivity index (χ4n) is 2.85. The fraction of sp³-hybridized carbons (Fsp3) is 0.261. The van der Waals surface area contributed by atoms with Gasteiger partial charge in [0, 0.05) is 17.2 Å². The van der Waals surface area contributed by atoms with Crippen LogP contribution in [0.3, 0.4) is 0 Å². The topological polar surface area (TPSA) is 117 Å². The molecule has 3 aromatic rings. The van der Waals surface area contributed by atoms with Crippen LogP contribution in [0.1, 0.15) is 26.3 Å². The first-order valence-corrected chi connectivity index (χ1v) is 11.1. The molecule has 33 heavy (non-hydrogen) atoms. The average Bonchev–Trinajstić information content (AvgIpc) is 2.76. The summed E-state index contributed by atoms with van der Waals surface area (Å²) in [6.07, 6.45) is 0. The maximum Gasteiger partial charge on any atom is 0.278 e. The van der Waals surface area contributed by atoms with Crippen LogP contribution in [0.4, 0.5) is 15.8 Å². The average molecular weight is 470 g/mol. The summed E-state index contributed by atoms with van der Waals surface area (Å²) in [5.74, 6) is -1.13. The summed E-state index contributed by atoms with van der Waals surface area (Å²) in [5, 5.41) is 13.2. The van der Waals surface area contributed by atoms with Gasteiger partial charge in [-0.1, -0.05) is 43.8 Å². The number of H-pyrrole nitrogens is 1. The molecule has 0 aliphatic carbocycles. The molecule has 0 saturated carbocycles. The van der Waals surface area contributed by atoms with Crippen molar-refractivity contribution in [2.75, 3.05) is 10.6 Å². The molecule has 2 aromatic carbocycles. The first kappa shape index (κ1) is 24.1. The third kappa shape index (κ3) is 6.04. The van der Waals surface area contributed by atoms with E-state index in [0.717, 1.165) is 11.8 Å². The van der Waals surface area contributed by atoms with Crippen LogP contribution in [0.15, 0.2) is 52.4 Å². The van der Waals surface area contributed by atoms with E-state index in [1.54, 1.807) is 52.0 Å². The lowest BCUT2D eigenvalue weighted by Gasteiger charge is -2.13. The Morgan fingerprint density at radius 1 is 1.00 bits per heavy atom. The minimum atomic E-state index is -0.608. The maximum atomic E-state index is 13.3. The van der Waals surface area contributed by atoms with E-state index in [-0.39, 0.29) is 34.4 Å². The van der Waals surface area contributed by atoms with Gasteiger partial charge in [-0.2, -0.15) is 0 Å². The molecular formula is C23H24FN5O3S. The zero-order valence-electron chi connectivity index (χ0n) is 18.6. The number of nitrogens with one attached hydrogen (secondary N) is 3. The molecule has 0 aliphatic rings. The number of thioether (sulfide) groups is 1. The van der Waals surface area contributed by atoms with Gasteiger partial charge in [0.1, 0.15) is 5.82 Å². The van der Waals surface area contributed by atoms with Gasteiger partial charge in [0.15, 0.2) is 10.9 Å². The Balaban J connectivity index is 1.75. The van der Waals surface area contributed by atoms with Crippen LogP contribution in [-0.4, -0.2) is 32.2 Å². The Morgan fingerprint density at radius 2 is 1.70 bits per heavy atom. The van der Waals surface area contributed by atoms with Crippen molar-refractivity contribution >= 4 is 35.0 Å². The lowest BCUT2D eigenvalue weighted by atomic mass is 10.1. The molecule has 1 aromatic heterocycles. The van der Waals surface area contributed by atoms with Crippen molar-refractivity contribution in [1.29, 1.82) is 0 Å². The van der Waals surface area contributed by atoms with Gasteiger partial charge < -0.3 is 10.6 Å². The lowest BCUT2D eigenvalue weighted by molar-refractivity contribution is -0.119. The van der Waals surface area contributed by atoms with E-state index in [2.05, 4.69) is 25.8 Å². The predicted molar refractivity (Wildman–Crippen MR) is 127 cm³/mol. The summed E-state index contributed by atoms with van der Waals surface area (Å²) in [5.41, 5.74) is 1.55. The van der Waals surface area contributed by atoms with Crippen LogP contribution in [0, 0.1) is 18.7 Å². The van der Waals surface area contributed by atoms with Gasteiger partial charge in [0.2, 0.25) is 11.8 Å². The first-order chi connectivity index (χ1) is 15.7. The van der Waals surface area contributed by atoms with E-state index in [0.29, 0.717) is 22.5 Å². The van der Waals surface area contributed by atoms with Crippen LogP contribution in [0.25, 0.3) is 11.3 Å². The van der Waals surface area contributed by atoms with Crippen molar-refractivity contribution in [3.63, 3.8) is 0 Å². The second-order valence-electron chi connectivity index (χ2n) is 7.71. The summed E-state index contributed by atoms with van der Waals surface area (Å²) in [6, 6.07) is 10.9. The second-order valence-corrected chi connectivity index (χ2v) is 9.04. The number of hydrogen-bond acceptors (Lipinski definition) is 6. The van der Waals surface area contributed by atoms with Crippen molar-refractivity contribution in [2.45, 2.75) is 38.1 Å². The Hall–Kier alpha value is -3.53. The number of hydrogen-bond donors (Lipinski definition) is 3. The summed E-state index contributed by atoms with van der Waals surface area (Å²) in [7, 11) is 0. The highest BCUT2D eigenvalue weighted by atomic mass is 32.2. The van der Waals surface area contributed by atoms with Gasteiger partial charge >= 0.3 is 0 Å². The van der Waals surface area contributed by atoms with Crippen molar-refractivity contribution in [3.05, 3.63) is 64.2 Å². The molecule has 1 heterocycles. The van der Waals surface area contributed by atoms with E-state index in [9.17, 15) is 18.8 Å². The molecule has 0 unspecified atom stereocenters. The van der Waals surface area contributed by atoms with Crippen molar-refractivity contribution < 1.29 is 14.0 Å². The minimum absolute atomic E-state index is 0.0537. The summed E-state index contributed by atoms with van der Waals surface area (Å²) >= 11 is 1.03. The van der Waals surface area contributed by atoms with Gasteiger partial charge in [-0.3, -0.25) is 19.4 Å². The number of amides is 2. The number of rotatable bonds is 7. The molecule has 1 atom stereocenters. The van der Waals surface area contributed by atoms with Crippen LogP contribution in [-0.2, 0) is 9.59 Å². The normalized spacial score (nSPS) is 11.8. The molecule has 0 bridgehead atoms. The molecule has 2 amide bonds. The molecule has 172 valence electrons. The third-order valence-corrected chi connectivity index (χ3v) is 5.72. The summed E-state index contributed by atoms with van der Waals surface area (Å²) in [4.78, 5) is 40.0. The van der Waals surface area contributed by atoms with Gasteiger partial charge in [0.25, 0.3) is 5.56 Å². The van der Waals surface area contributed by atoms with Crippen LogP contribution < -0.4 is 16.2 Å². The van der Waals surface area contributed by atoms with E-state index in [1.165, 1.54) is 18.2 Å². The molecule has 3 N–H and O–H groups in total. The fourth-order valence-corrected chi connectivity index (χ4v) is 3.59. The Bertz CT molecular complexity index is 1240. The number of halogens is 1. The number of aromatic nitrogens is 3. The van der Waals surface area contributed by atoms with Crippen LogP contribution in [0.5, 0.6) is 0 Å². The van der Waals surface area contributed by atoms with E-state index < -0.39 is 10.8 Å². The van der Waals surface area contributed by atoms with Crippen molar-refractivity contribution in [1.82, 2.24) is 15.2 Å². The minimum Gasteiger partial charge on any atom is -0.325 e. The lowest BCUT2D eigenvalue weighted by Crippen LogP contribution is -2.24. The first-order valence-electron chi connectivity index (χ1n) is 10.3. The van der Waals surface area contributed by atoms with E-state index in [1.807, 2.05) is 0 Å². The van der Waals surface area contributed by atoms with Crippen molar-refractivity contribution in [3.8, 4) is 11.3 Å². The standard InChI is InChI=1S/C23H24FN5O3S/c1-12(2)20(30)26-18-8-6-5-7-16(18)19-22(32)27-23(29-28-19)33-14(4)21(31)25-17-10-9-15(24)11-13(17)3/h5-12,14H,1-4H3,(H,25,31)(H,26,30)(H,27,29,32)/t14-/m0/s1. The molecular weight excluding hydrogens is 445 g/mol. The Kier molecular flexibility index (Phi) is 7.59. The quantitative estimate of drug-likeness (QED) is 0.451. The van der Waals surface area contributed by atoms with E-state index >= 15 is 0 Å². The number of nitrogens with zero attached hydrogens (tertiary/aromatic N) is 2. The molecule has 3 rings (SSSR count). The molecule has 0 aliphatic heterocycles. The van der Waals surface area contributed by atoms with Crippen LogP contribution >= 0.6 is 11.8 Å². The highest BCUT2D eigenvalue weighted by Gasteiger charge is 2.19. The highest BCUT2D eigenvalue weighted by molar-refractivity contribution is 8.00. The SMILES string of the molecule is Cc1cc(F)ccc1NC(=O)[C@H](C)Sc1nnc(-c2ccccc2NC(=O)C(C)C)c(=O)[nH]1. The Morgan fingerprint density at radius 3 is 2.36 bits per heavy atom. The molecule has 0 fully saturated rings. The second kappa shape index (κ2) is 10.4. The molecule has 0 spiro atoms. The third-order valence-electron chi connectivity index (χ3n) is 4.74. The van der Waals surface area contributed by atoms with Crippen LogP contribution in [0.2, 0.25) is 0 Å². The van der Waals surface area contributed by atoms with Gasteiger partial charge in [-0.05, 0) is 43.7 Å². The summed E-state index contributed by atoms with van der Waals surface area (Å²) < 4.78 is 13.3. The number of anilines is 2. The smallest absolute Gasteiger partial charge is 0.278 e. The molecule has 0 saturated heterocycles. The monoisotopic (exact) mass is 469 g/mol. The summed E-state index contributed by atoms with van der Waals surface area (Å²) in [6.45, 7) is 6.89. The largest absolute Gasteiger partial charge is 0.325 e. The zero-order chi connectivity index (χ0) is 24.1. The molecule has 0 radical (unpaired) electrons. The molecule has 8 nitrogen and oxygen atoms in total. The zero-order valence-corrected chi connectivity index (χ0v) is 19.4. The number of aromatic amines is 1. The van der Waals surface area contributed by atoms with Gasteiger partial charge in [-0.15, -0.1) is 10.2 Å². The number of benzene rings is 2.